The highest BCUT2D eigenvalue weighted by Crippen LogP contribution is 2.16. The van der Waals surface area contributed by atoms with Gasteiger partial charge >= 0.3 is 5.97 Å². The number of hydrogen-bond acceptors (Lipinski definition) is 4. The van der Waals surface area contributed by atoms with E-state index in [-0.39, 0.29) is 24.3 Å². The zero-order chi connectivity index (χ0) is 13.7. The van der Waals surface area contributed by atoms with Crippen molar-refractivity contribution < 1.29 is 23.8 Å². The lowest BCUT2D eigenvalue weighted by molar-refractivity contribution is -0.140. The minimum absolute atomic E-state index is 0.0401. The molecule has 0 unspecified atom stereocenters. The van der Waals surface area contributed by atoms with Gasteiger partial charge in [-0.25, -0.2) is 4.39 Å². The molecule has 1 rings (SSSR count). The van der Waals surface area contributed by atoms with Gasteiger partial charge in [0.15, 0.2) is 0 Å². The second-order valence-electron chi connectivity index (χ2n) is 3.72. The third-order valence-corrected chi connectivity index (χ3v) is 2.41. The van der Waals surface area contributed by atoms with E-state index in [9.17, 15) is 14.0 Å². The maximum Gasteiger partial charge on any atom is 0.307 e. The van der Waals surface area contributed by atoms with Crippen molar-refractivity contribution in [1.29, 1.82) is 0 Å². The molecule has 0 saturated heterocycles. The first-order chi connectivity index (χ1) is 8.45. The average Bonchev–Trinajstić information content (AvgIpc) is 2.34. The molecule has 0 radical (unpaired) electrons. The summed E-state index contributed by atoms with van der Waals surface area (Å²) in [4.78, 5) is 24.0. The molecule has 18 heavy (non-hydrogen) atoms. The number of halogens is 1. The second kappa shape index (κ2) is 6.00. The summed E-state index contributed by atoms with van der Waals surface area (Å²) in [6.45, 7) is 0.131. The molecular formula is C12H14FNO4. The molecule has 0 fully saturated rings. The van der Waals surface area contributed by atoms with E-state index in [1.807, 2.05) is 0 Å². The Morgan fingerprint density at radius 3 is 2.67 bits per heavy atom. The number of carbonyl (C=O) groups is 2. The summed E-state index contributed by atoms with van der Waals surface area (Å²) >= 11 is 0. The Bertz CT molecular complexity index is 461. The van der Waals surface area contributed by atoms with Gasteiger partial charge in [0.2, 0.25) is 0 Å². The summed E-state index contributed by atoms with van der Waals surface area (Å²) in [7, 11) is 2.71. The zero-order valence-electron chi connectivity index (χ0n) is 10.1. The van der Waals surface area contributed by atoms with Gasteiger partial charge in [-0.1, -0.05) is 0 Å². The summed E-state index contributed by atoms with van der Waals surface area (Å²) in [5, 5.41) is 9.04. The smallest absolute Gasteiger partial charge is 0.307 e. The number of phenolic OH excluding ortho intramolecular Hbond substituents is 1. The highest BCUT2D eigenvalue weighted by molar-refractivity contribution is 5.94. The minimum atomic E-state index is -0.801. The predicted octanol–water partition coefficient (Wildman–Crippen LogP) is 1.17. The fourth-order valence-electron chi connectivity index (χ4n) is 1.35. The van der Waals surface area contributed by atoms with Crippen molar-refractivity contribution in [1.82, 2.24) is 4.90 Å². The van der Waals surface area contributed by atoms with Crippen LogP contribution in [0.3, 0.4) is 0 Å². The lowest BCUT2D eigenvalue weighted by Crippen LogP contribution is -2.29. The highest BCUT2D eigenvalue weighted by atomic mass is 19.1. The van der Waals surface area contributed by atoms with Crippen LogP contribution in [0.5, 0.6) is 5.75 Å². The van der Waals surface area contributed by atoms with Crippen molar-refractivity contribution in [3.05, 3.63) is 29.6 Å². The number of rotatable bonds is 4. The van der Waals surface area contributed by atoms with Gasteiger partial charge in [0, 0.05) is 19.7 Å². The quantitative estimate of drug-likeness (QED) is 0.820. The van der Waals surface area contributed by atoms with Crippen molar-refractivity contribution in [2.24, 2.45) is 0 Å². The molecule has 0 spiro atoms. The molecule has 1 aromatic carbocycles. The second-order valence-corrected chi connectivity index (χ2v) is 3.72. The topological polar surface area (TPSA) is 66.8 Å². The number of hydrogen-bond donors (Lipinski definition) is 1. The van der Waals surface area contributed by atoms with E-state index >= 15 is 0 Å². The zero-order valence-corrected chi connectivity index (χ0v) is 10.1. The van der Waals surface area contributed by atoms with E-state index in [0.717, 1.165) is 6.07 Å². The molecule has 0 aliphatic carbocycles. The van der Waals surface area contributed by atoms with Crippen LogP contribution in [0.2, 0.25) is 0 Å². The maximum absolute atomic E-state index is 13.4. The van der Waals surface area contributed by atoms with Crippen LogP contribution in [0.25, 0.3) is 0 Å². The Hall–Kier alpha value is -2.11. The lowest BCUT2D eigenvalue weighted by Gasteiger charge is -2.16. The molecule has 0 heterocycles. The van der Waals surface area contributed by atoms with E-state index < -0.39 is 17.7 Å². The number of methoxy groups -OCH3 is 1. The van der Waals surface area contributed by atoms with Crippen LogP contribution in [-0.2, 0) is 9.53 Å². The van der Waals surface area contributed by atoms with Gasteiger partial charge in [0.1, 0.15) is 11.6 Å². The van der Waals surface area contributed by atoms with Crippen molar-refractivity contribution in [3.8, 4) is 5.75 Å². The van der Waals surface area contributed by atoms with Crippen molar-refractivity contribution in [3.63, 3.8) is 0 Å². The number of nitrogens with zero attached hydrogens (tertiary/aromatic N) is 1. The van der Waals surface area contributed by atoms with E-state index in [1.54, 1.807) is 0 Å². The molecule has 6 heteroatoms. The Morgan fingerprint density at radius 1 is 1.44 bits per heavy atom. The van der Waals surface area contributed by atoms with Crippen LogP contribution in [0.1, 0.15) is 16.8 Å². The monoisotopic (exact) mass is 255 g/mol. The van der Waals surface area contributed by atoms with Gasteiger partial charge in [0.05, 0.1) is 19.1 Å². The van der Waals surface area contributed by atoms with Gasteiger partial charge in [0.25, 0.3) is 5.91 Å². The lowest BCUT2D eigenvalue weighted by atomic mass is 10.1. The normalized spacial score (nSPS) is 9.94. The fraction of sp³-hybridized carbons (Fsp3) is 0.333. The molecule has 98 valence electrons. The molecular weight excluding hydrogens is 241 g/mol. The number of phenols is 1. The molecule has 0 aromatic heterocycles. The number of ether oxygens (including phenoxy) is 1. The first kappa shape index (κ1) is 14.0. The first-order valence-electron chi connectivity index (χ1n) is 5.26. The summed E-state index contributed by atoms with van der Waals surface area (Å²) in [6.07, 6.45) is 0.0401. The van der Waals surface area contributed by atoms with Crippen LogP contribution >= 0.6 is 0 Å². The Morgan fingerprint density at radius 2 is 2.11 bits per heavy atom. The van der Waals surface area contributed by atoms with Crippen LogP contribution in [-0.4, -0.2) is 42.6 Å². The molecule has 1 N–H and O–H groups in total. The SMILES string of the molecule is COC(=O)CCN(C)C(=O)c1ccc(O)cc1F. The predicted molar refractivity (Wildman–Crippen MR) is 61.7 cm³/mol. The van der Waals surface area contributed by atoms with Gasteiger partial charge in [-0.05, 0) is 12.1 Å². The molecule has 0 bridgehead atoms. The molecule has 0 aliphatic rings. The van der Waals surface area contributed by atoms with Gasteiger partial charge < -0.3 is 14.7 Å². The number of benzene rings is 1. The number of amides is 1. The number of aromatic hydroxyl groups is 1. The van der Waals surface area contributed by atoms with Crippen LogP contribution in [0.4, 0.5) is 4.39 Å². The summed E-state index contributed by atoms with van der Waals surface area (Å²) < 4.78 is 17.9. The minimum Gasteiger partial charge on any atom is -0.508 e. The molecule has 0 atom stereocenters. The Kier molecular flexibility index (Phi) is 4.65. The fourth-order valence-corrected chi connectivity index (χ4v) is 1.35. The van der Waals surface area contributed by atoms with Gasteiger partial charge in [-0.15, -0.1) is 0 Å². The molecule has 1 aromatic rings. The largest absolute Gasteiger partial charge is 0.508 e. The van der Waals surface area contributed by atoms with E-state index in [1.165, 1.54) is 31.2 Å². The third-order valence-electron chi connectivity index (χ3n) is 2.41. The highest BCUT2D eigenvalue weighted by Gasteiger charge is 2.17. The first-order valence-corrected chi connectivity index (χ1v) is 5.26. The van der Waals surface area contributed by atoms with E-state index in [4.69, 9.17) is 5.11 Å². The van der Waals surface area contributed by atoms with Crippen molar-refractivity contribution in [2.75, 3.05) is 20.7 Å². The van der Waals surface area contributed by atoms with Crippen LogP contribution in [0, 0.1) is 5.82 Å². The Labute approximate surface area is 104 Å². The van der Waals surface area contributed by atoms with Crippen LogP contribution < -0.4 is 0 Å². The van der Waals surface area contributed by atoms with Gasteiger partial charge in [-0.3, -0.25) is 9.59 Å². The summed E-state index contributed by atoms with van der Waals surface area (Å²) in [6, 6.07) is 3.29. The van der Waals surface area contributed by atoms with Crippen LogP contribution in [0.15, 0.2) is 18.2 Å². The third kappa shape index (κ3) is 3.44. The average molecular weight is 255 g/mol. The summed E-state index contributed by atoms with van der Waals surface area (Å²) in [5.41, 5.74) is -0.153. The standard InChI is InChI=1S/C12H14FNO4/c1-14(6-5-11(16)18-2)12(17)9-4-3-8(15)7-10(9)13/h3-4,7,15H,5-6H2,1-2H3. The summed E-state index contributed by atoms with van der Waals surface area (Å²) in [5.74, 6) is -2.05. The molecule has 0 aliphatic heterocycles. The van der Waals surface area contributed by atoms with Gasteiger partial charge in [-0.2, -0.15) is 0 Å². The van der Waals surface area contributed by atoms with E-state index in [2.05, 4.69) is 4.74 Å². The molecule has 5 nitrogen and oxygen atoms in total. The van der Waals surface area contributed by atoms with Crippen molar-refractivity contribution >= 4 is 11.9 Å². The number of carbonyl (C=O) groups excluding carboxylic acids is 2. The molecule has 1 amide bonds. The maximum atomic E-state index is 13.4. The van der Waals surface area contributed by atoms with Crippen molar-refractivity contribution in [2.45, 2.75) is 6.42 Å². The number of esters is 1. The van der Waals surface area contributed by atoms with E-state index in [0.29, 0.717) is 0 Å². The molecule has 0 saturated carbocycles. The Balaban J connectivity index is 2.71.